The SMILES string of the molecule is COc1ccc(C2C(C)NNC2N)c(C)c1. The lowest BCUT2D eigenvalue weighted by atomic mass is 9.88. The molecular weight excluding hydrogens is 202 g/mol. The first-order valence-electron chi connectivity index (χ1n) is 5.54. The van der Waals surface area contributed by atoms with Crippen molar-refractivity contribution in [3.8, 4) is 5.75 Å². The molecule has 4 heteroatoms. The van der Waals surface area contributed by atoms with E-state index in [-0.39, 0.29) is 6.17 Å². The summed E-state index contributed by atoms with van der Waals surface area (Å²) < 4.78 is 5.20. The summed E-state index contributed by atoms with van der Waals surface area (Å²) in [6, 6.07) is 6.47. The Labute approximate surface area is 96.1 Å². The van der Waals surface area contributed by atoms with E-state index in [1.807, 2.05) is 12.1 Å². The largest absolute Gasteiger partial charge is 0.497 e. The van der Waals surface area contributed by atoms with Crippen LogP contribution in [0.1, 0.15) is 24.0 Å². The fourth-order valence-corrected chi connectivity index (χ4v) is 2.33. The smallest absolute Gasteiger partial charge is 0.119 e. The maximum absolute atomic E-state index is 6.04. The first-order chi connectivity index (χ1) is 7.63. The van der Waals surface area contributed by atoms with Gasteiger partial charge in [0.2, 0.25) is 0 Å². The van der Waals surface area contributed by atoms with E-state index in [9.17, 15) is 0 Å². The monoisotopic (exact) mass is 221 g/mol. The van der Waals surface area contributed by atoms with Crippen LogP contribution in [0.2, 0.25) is 0 Å². The average molecular weight is 221 g/mol. The van der Waals surface area contributed by atoms with Gasteiger partial charge in [0.15, 0.2) is 0 Å². The number of hydrogen-bond acceptors (Lipinski definition) is 4. The van der Waals surface area contributed by atoms with Crippen LogP contribution in [0.25, 0.3) is 0 Å². The van der Waals surface area contributed by atoms with Gasteiger partial charge in [0.25, 0.3) is 0 Å². The van der Waals surface area contributed by atoms with Gasteiger partial charge in [-0.25, -0.2) is 5.43 Å². The second-order valence-electron chi connectivity index (χ2n) is 4.35. The quantitative estimate of drug-likeness (QED) is 0.693. The molecule has 88 valence electrons. The molecule has 1 aliphatic rings. The van der Waals surface area contributed by atoms with Crippen molar-refractivity contribution in [2.45, 2.75) is 32.0 Å². The molecule has 16 heavy (non-hydrogen) atoms. The molecular formula is C12H19N3O. The number of benzene rings is 1. The molecule has 3 unspecified atom stereocenters. The lowest BCUT2D eigenvalue weighted by Crippen LogP contribution is -2.38. The average Bonchev–Trinajstić information content (AvgIpc) is 2.59. The van der Waals surface area contributed by atoms with E-state index in [1.165, 1.54) is 11.1 Å². The Hall–Kier alpha value is -1.10. The molecule has 0 aliphatic carbocycles. The van der Waals surface area contributed by atoms with Crippen molar-refractivity contribution in [2.24, 2.45) is 5.73 Å². The van der Waals surface area contributed by atoms with Crippen molar-refractivity contribution in [1.82, 2.24) is 10.9 Å². The Morgan fingerprint density at radius 3 is 2.56 bits per heavy atom. The third-order valence-electron chi connectivity index (χ3n) is 3.24. The van der Waals surface area contributed by atoms with Crippen molar-refractivity contribution in [2.75, 3.05) is 7.11 Å². The Kier molecular flexibility index (Phi) is 3.14. The Bertz CT molecular complexity index is 371. The molecule has 0 bridgehead atoms. The summed E-state index contributed by atoms with van der Waals surface area (Å²) in [6.07, 6.45) is -0.0397. The van der Waals surface area contributed by atoms with Gasteiger partial charge in [0.05, 0.1) is 13.3 Å². The van der Waals surface area contributed by atoms with E-state index in [2.05, 4.69) is 30.8 Å². The van der Waals surface area contributed by atoms with Gasteiger partial charge in [-0.1, -0.05) is 6.07 Å². The van der Waals surface area contributed by atoms with E-state index in [0.29, 0.717) is 12.0 Å². The highest BCUT2D eigenvalue weighted by atomic mass is 16.5. The van der Waals surface area contributed by atoms with Gasteiger partial charge in [-0.3, -0.25) is 5.43 Å². The standard InChI is InChI=1S/C12H19N3O/c1-7-6-9(16-3)4-5-10(7)11-8(2)14-15-12(11)13/h4-6,8,11-12,14-15H,13H2,1-3H3. The number of nitrogens with one attached hydrogen (secondary N) is 2. The molecule has 1 aliphatic heterocycles. The summed E-state index contributed by atoms with van der Waals surface area (Å²) in [5, 5.41) is 0. The molecule has 4 nitrogen and oxygen atoms in total. The molecule has 1 saturated heterocycles. The van der Waals surface area contributed by atoms with Crippen molar-refractivity contribution in [3.63, 3.8) is 0 Å². The molecule has 1 fully saturated rings. The summed E-state index contributed by atoms with van der Waals surface area (Å²) in [7, 11) is 1.68. The predicted molar refractivity (Wildman–Crippen MR) is 64.2 cm³/mol. The molecule has 1 aromatic rings. The molecule has 0 aromatic heterocycles. The minimum absolute atomic E-state index is 0.0397. The van der Waals surface area contributed by atoms with E-state index < -0.39 is 0 Å². The fraction of sp³-hybridized carbons (Fsp3) is 0.500. The van der Waals surface area contributed by atoms with Crippen LogP contribution in [0.5, 0.6) is 5.75 Å². The molecule has 1 heterocycles. The number of hydrogen-bond donors (Lipinski definition) is 3. The van der Waals surface area contributed by atoms with Crippen LogP contribution < -0.4 is 21.3 Å². The Morgan fingerprint density at radius 1 is 1.31 bits per heavy atom. The number of ether oxygens (including phenoxy) is 1. The number of nitrogens with two attached hydrogens (primary N) is 1. The highest BCUT2D eigenvalue weighted by molar-refractivity contribution is 5.38. The summed E-state index contributed by atoms with van der Waals surface area (Å²) >= 11 is 0. The van der Waals surface area contributed by atoms with Crippen LogP contribution in [-0.2, 0) is 0 Å². The lowest BCUT2D eigenvalue weighted by Gasteiger charge is -2.20. The zero-order chi connectivity index (χ0) is 11.7. The zero-order valence-corrected chi connectivity index (χ0v) is 9.95. The zero-order valence-electron chi connectivity index (χ0n) is 9.95. The van der Waals surface area contributed by atoms with Crippen LogP contribution in [0.3, 0.4) is 0 Å². The maximum Gasteiger partial charge on any atom is 0.119 e. The van der Waals surface area contributed by atoms with Gasteiger partial charge in [-0.05, 0) is 37.1 Å². The van der Waals surface area contributed by atoms with E-state index in [4.69, 9.17) is 10.5 Å². The van der Waals surface area contributed by atoms with E-state index in [0.717, 1.165) is 5.75 Å². The van der Waals surface area contributed by atoms with Crippen molar-refractivity contribution in [3.05, 3.63) is 29.3 Å². The highest BCUT2D eigenvalue weighted by Crippen LogP contribution is 2.29. The van der Waals surface area contributed by atoms with Crippen LogP contribution in [0.15, 0.2) is 18.2 Å². The summed E-state index contributed by atoms with van der Waals surface area (Å²) in [5.41, 5.74) is 14.8. The Balaban J connectivity index is 2.33. The fourth-order valence-electron chi connectivity index (χ4n) is 2.33. The molecule has 2 rings (SSSR count). The Morgan fingerprint density at radius 2 is 2.06 bits per heavy atom. The first-order valence-corrected chi connectivity index (χ1v) is 5.54. The number of rotatable bonds is 2. The van der Waals surface area contributed by atoms with Crippen molar-refractivity contribution < 1.29 is 4.74 Å². The maximum atomic E-state index is 6.04. The van der Waals surface area contributed by atoms with Crippen LogP contribution in [0.4, 0.5) is 0 Å². The molecule has 0 spiro atoms. The number of hydrazine groups is 1. The van der Waals surface area contributed by atoms with Gasteiger partial charge in [-0.2, -0.15) is 0 Å². The number of methoxy groups -OCH3 is 1. The van der Waals surface area contributed by atoms with Crippen molar-refractivity contribution >= 4 is 0 Å². The van der Waals surface area contributed by atoms with Gasteiger partial charge < -0.3 is 10.5 Å². The van der Waals surface area contributed by atoms with Gasteiger partial charge in [-0.15, -0.1) is 0 Å². The second kappa shape index (κ2) is 4.41. The predicted octanol–water partition coefficient (Wildman–Crippen LogP) is 0.868. The van der Waals surface area contributed by atoms with Crippen LogP contribution in [-0.4, -0.2) is 19.3 Å². The summed E-state index contributed by atoms with van der Waals surface area (Å²) in [4.78, 5) is 0. The molecule has 3 atom stereocenters. The van der Waals surface area contributed by atoms with E-state index in [1.54, 1.807) is 7.11 Å². The second-order valence-corrected chi connectivity index (χ2v) is 4.35. The molecule has 0 radical (unpaired) electrons. The third kappa shape index (κ3) is 1.91. The van der Waals surface area contributed by atoms with Crippen molar-refractivity contribution in [1.29, 1.82) is 0 Å². The third-order valence-corrected chi connectivity index (χ3v) is 3.24. The highest BCUT2D eigenvalue weighted by Gasteiger charge is 2.32. The van der Waals surface area contributed by atoms with E-state index >= 15 is 0 Å². The van der Waals surface area contributed by atoms with Gasteiger partial charge in [0, 0.05) is 12.0 Å². The van der Waals surface area contributed by atoms with Crippen LogP contribution >= 0.6 is 0 Å². The minimum Gasteiger partial charge on any atom is -0.497 e. The first kappa shape index (κ1) is 11.4. The number of aryl methyl sites for hydroxylation is 1. The molecule has 0 saturated carbocycles. The van der Waals surface area contributed by atoms with Gasteiger partial charge in [0.1, 0.15) is 5.75 Å². The normalized spacial score (nSPS) is 29.4. The van der Waals surface area contributed by atoms with Crippen LogP contribution in [0, 0.1) is 6.92 Å². The van der Waals surface area contributed by atoms with Gasteiger partial charge >= 0.3 is 0 Å². The molecule has 0 amide bonds. The summed E-state index contributed by atoms with van der Waals surface area (Å²) in [5.74, 6) is 1.19. The lowest BCUT2D eigenvalue weighted by molar-refractivity contribution is 0.414. The summed E-state index contributed by atoms with van der Waals surface area (Å²) in [6.45, 7) is 4.23. The topological polar surface area (TPSA) is 59.3 Å². The molecule has 1 aromatic carbocycles. The molecule has 4 N–H and O–H groups in total. The minimum atomic E-state index is -0.0397.